The van der Waals surface area contributed by atoms with Crippen molar-refractivity contribution in [2.75, 3.05) is 5.33 Å². The summed E-state index contributed by atoms with van der Waals surface area (Å²) in [5.74, 6) is 2.96. The van der Waals surface area contributed by atoms with Crippen molar-refractivity contribution in [1.29, 1.82) is 0 Å². The Morgan fingerprint density at radius 1 is 1.27 bits per heavy atom. The molecule has 0 saturated carbocycles. The van der Waals surface area contributed by atoms with Crippen molar-refractivity contribution in [3.63, 3.8) is 0 Å². The highest BCUT2D eigenvalue weighted by molar-refractivity contribution is 14.1. The van der Waals surface area contributed by atoms with E-state index in [-0.39, 0.29) is 11.2 Å². The number of carbonyl (C=O) groups excluding carboxylic acids is 1. The van der Waals surface area contributed by atoms with Crippen molar-refractivity contribution >= 4 is 44.3 Å². The van der Waals surface area contributed by atoms with Gasteiger partial charge in [0.1, 0.15) is 0 Å². The molecule has 0 N–H and O–H groups in total. The predicted molar refractivity (Wildman–Crippen MR) is 106 cm³/mol. The van der Waals surface area contributed by atoms with Crippen LogP contribution in [-0.4, -0.2) is 11.1 Å². The molecule has 0 fully saturated rings. The van der Waals surface area contributed by atoms with E-state index in [1.165, 1.54) is 0 Å². The van der Waals surface area contributed by atoms with Crippen molar-refractivity contribution in [3.8, 4) is 12.3 Å². The summed E-state index contributed by atoms with van der Waals surface area (Å²) in [5, 5.41) is 0.389. The summed E-state index contributed by atoms with van der Waals surface area (Å²) >= 11 is 5.65. The zero-order chi connectivity index (χ0) is 16.8. The second-order valence-corrected chi connectivity index (χ2v) is 8.57. The summed E-state index contributed by atoms with van der Waals surface area (Å²) in [6.45, 7) is 6.54. The van der Waals surface area contributed by atoms with Crippen LogP contribution in [0.3, 0.4) is 0 Å². The number of alkyl halides is 1. The number of rotatable bonds is 8. The molecule has 0 aromatic heterocycles. The molecule has 0 spiro atoms. The molecule has 3 heteroatoms. The Bertz CT molecular complexity index is 559. The van der Waals surface area contributed by atoms with Gasteiger partial charge in [-0.2, -0.15) is 0 Å². The number of halogens is 2. The van der Waals surface area contributed by atoms with E-state index < -0.39 is 5.41 Å². The topological polar surface area (TPSA) is 17.1 Å². The first-order valence-corrected chi connectivity index (χ1v) is 9.74. The first-order chi connectivity index (χ1) is 10.2. The van der Waals surface area contributed by atoms with Crippen molar-refractivity contribution in [2.45, 2.75) is 51.9 Å². The van der Waals surface area contributed by atoms with E-state index >= 15 is 0 Å². The fourth-order valence-electron chi connectivity index (χ4n) is 2.55. The van der Waals surface area contributed by atoms with Crippen LogP contribution in [0.25, 0.3) is 0 Å². The van der Waals surface area contributed by atoms with Gasteiger partial charge in [-0.1, -0.05) is 41.9 Å². The Balaban J connectivity index is 2.99. The lowest BCUT2D eigenvalue weighted by atomic mass is 9.71. The molecule has 0 aliphatic rings. The minimum atomic E-state index is -0.446. The highest BCUT2D eigenvalue weighted by atomic mass is 127. The highest BCUT2D eigenvalue weighted by Crippen LogP contribution is 2.37. The number of benzene rings is 1. The molecule has 0 aliphatic carbocycles. The second kappa shape index (κ2) is 8.49. The molecule has 1 unspecified atom stereocenters. The Morgan fingerprint density at radius 2 is 1.95 bits per heavy atom. The Morgan fingerprint density at radius 3 is 2.50 bits per heavy atom. The molecule has 1 aromatic carbocycles. The number of Topliss-reactive ketones (excluding diaryl/α,β-unsaturated/α-hetero) is 1. The van der Waals surface area contributed by atoms with Crippen LogP contribution >= 0.6 is 38.5 Å². The maximum absolute atomic E-state index is 12.6. The molecule has 120 valence electrons. The summed E-state index contributed by atoms with van der Waals surface area (Å²) in [6.07, 6.45) is 8.99. The van der Waals surface area contributed by atoms with E-state index in [0.717, 1.165) is 34.8 Å². The molecule has 0 heterocycles. The van der Waals surface area contributed by atoms with Crippen LogP contribution in [0.15, 0.2) is 24.3 Å². The number of ketones is 1. The average Bonchev–Trinajstić information content (AvgIpc) is 2.50. The molecule has 1 atom stereocenters. The lowest BCUT2D eigenvalue weighted by Gasteiger charge is -2.33. The van der Waals surface area contributed by atoms with Gasteiger partial charge in [-0.05, 0) is 71.9 Å². The van der Waals surface area contributed by atoms with Crippen LogP contribution in [0.2, 0.25) is 0 Å². The largest absolute Gasteiger partial charge is 0.298 e. The fraction of sp³-hybridized carbons (Fsp3) is 0.526. The van der Waals surface area contributed by atoms with Crippen LogP contribution in [-0.2, 0) is 10.2 Å². The summed E-state index contributed by atoms with van der Waals surface area (Å²) in [6, 6.07) is 8.27. The van der Waals surface area contributed by atoms with Crippen molar-refractivity contribution in [3.05, 3.63) is 33.4 Å². The number of terminal acetylenes is 1. The van der Waals surface area contributed by atoms with Gasteiger partial charge in [0.15, 0.2) is 5.78 Å². The third kappa shape index (κ3) is 5.38. The SMILES string of the molecule is C#CCCC(C)(C)CCC(C)(C(=O)CBr)c1cccc(I)c1. The molecule has 0 saturated heterocycles. The monoisotopic (exact) mass is 474 g/mol. The minimum absolute atomic E-state index is 0.155. The lowest BCUT2D eigenvalue weighted by molar-refractivity contribution is -0.121. The van der Waals surface area contributed by atoms with E-state index in [4.69, 9.17) is 6.42 Å². The van der Waals surface area contributed by atoms with Gasteiger partial charge in [0.2, 0.25) is 0 Å². The minimum Gasteiger partial charge on any atom is -0.298 e. The third-order valence-corrected chi connectivity index (χ3v) is 5.63. The van der Waals surface area contributed by atoms with Gasteiger partial charge in [0.25, 0.3) is 0 Å². The van der Waals surface area contributed by atoms with E-state index in [0.29, 0.717) is 5.33 Å². The van der Waals surface area contributed by atoms with Gasteiger partial charge in [0.05, 0.1) is 10.7 Å². The number of hydrogen-bond donors (Lipinski definition) is 0. The Hall–Kier alpha value is -0.340. The molecule has 1 aromatic rings. The smallest absolute Gasteiger partial charge is 0.153 e. The summed E-state index contributed by atoms with van der Waals surface area (Å²) in [5.41, 5.74) is 0.817. The second-order valence-electron chi connectivity index (χ2n) is 6.77. The summed E-state index contributed by atoms with van der Waals surface area (Å²) in [7, 11) is 0. The molecular weight excluding hydrogens is 451 g/mol. The van der Waals surface area contributed by atoms with E-state index in [1.807, 2.05) is 6.07 Å². The van der Waals surface area contributed by atoms with Crippen LogP contribution < -0.4 is 0 Å². The van der Waals surface area contributed by atoms with Crippen LogP contribution in [0.4, 0.5) is 0 Å². The van der Waals surface area contributed by atoms with Crippen LogP contribution in [0.5, 0.6) is 0 Å². The zero-order valence-corrected chi connectivity index (χ0v) is 17.3. The maximum atomic E-state index is 12.6. The molecule has 0 amide bonds. The predicted octanol–water partition coefficient (Wildman–Crippen LogP) is 5.73. The quantitative estimate of drug-likeness (QED) is 0.267. The van der Waals surface area contributed by atoms with Gasteiger partial charge in [-0.3, -0.25) is 4.79 Å². The first-order valence-electron chi connectivity index (χ1n) is 7.54. The van der Waals surface area contributed by atoms with Crippen molar-refractivity contribution in [2.24, 2.45) is 5.41 Å². The zero-order valence-electron chi connectivity index (χ0n) is 13.6. The molecule has 0 bridgehead atoms. The average molecular weight is 475 g/mol. The standard InChI is InChI=1S/C19H24BrIO/c1-5-6-10-18(2,3)11-12-19(4,17(22)14-20)15-8-7-9-16(21)13-15/h1,7-9,13H,6,10-12,14H2,2-4H3. The Labute approximate surface area is 156 Å². The van der Waals surface area contributed by atoms with E-state index in [2.05, 4.69) is 83.4 Å². The van der Waals surface area contributed by atoms with E-state index in [1.54, 1.807) is 0 Å². The molecule has 22 heavy (non-hydrogen) atoms. The molecule has 1 rings (SSSR count). The molecule has 0 aliphatic heterocycles. The maximum Gasteiger partial charge on any atom is 0.153 e. The molecular formula is C19H24BrIO. The van der Waals surface area contributed by atoms with Crippen molar-refractivity contribution < 1.29 is 4.79 Å². The summed E-state index contributed by atoms with van der Waals surface area (Å²) in [4.78, 5) is 12.6. The van der Waals surface area contributed by atoms with Gasteiger partial charge in [0, 0.05) is 9.99 Å². The first kappa shape index (κ1) is 19.7. The van der Waals surface area contributed by atoms with E-state index in [9.17, 15) is 4.79 Å². The lowest BCUT2D eigenvalue weighted by Crippen LogP contribution is -2.35. The Kier molecular flexibility index (Phi) is 7.61. The normalized spacial score (nSPS) is 14.2. The van der Waals surface area contributed by atoms with Gasteiger partial charge >= 0.3 is 0 Å². The van der Waals surface area contributed by atoms with Crippen molar-refractivity contribution in [1.82, 2.24) is 0 Å². The molecule has 0 radical (unpaired) electrons. The third-order valence-electron chi connectivity index (χ3n) is 4.45. The van der Waals surface area contributed by atoms with Gasteiger partial charge in [-0.25, -0.2) is 0 Å². The van der Waals surface area contributed by atoms with Crippen LogP contribution in [0.1, 0.15) is 52.0 Å². The van der Waals surface area contributed by atoms with Gasteiger partial charge < -0.3 is 0 Å². The number of hydrogen-bond acceptors (Lipinski definition) is 1. The summed E-state index contributed by atoms with van der Waals surface area (Å²) < 4.78 is 1.16. The van der Waals surface area contributed by atoms with Crippen LogP contribution in [0, 0.1) is 21.3 Å². The fourth-order valence-corrected chi connectivity index (χ4v) is 3.71. The highest BCUT2D eigenvalue weighted by Gasteiger charge is 2.35. The van der Waals surface area contributed by atoms with Gasteiger partial charge in [-0.15, -0.1) is 12.3 Å². The molecule has 1 nitrogen and oxygen atoms in total. The number of carbonyl (C=O) groups is 1.